The summed E-state index contributed by atoms with van der Waals surface area (Å²) < 4.78 is 63.5. The van der Waals surface area contributed by atoms with Crippen molar-refractivity contribution in [1.82, 2.24) is 19.4 Å². The molecule has 1 aliphatic rings. The summed E-state index contributed by atoms with van der Waals surface area (Å²) in [5.41, 5.74) is 1.39. The number of carbonyl (C=O) groups is 1. The van der Waals surface area contributed by atoms with E-state index >= 15 is 0 Å². The molecule has 2 amide bonds. The number of halogens is 4. The largest absolute Gasteiger partial charge is 0.573 e. The third-order valence-corrected chi connectivity index (χ3v) is 6.35. The Labute approximate surface area is 237 Å². The van der Waals surface area contributed by atoms with Crippen LogP contribution in [0.2, 0.25) is 0 Å². The minimum Gasteiger partial charge on any atom is -0.425 e. The van der Waals surface area contributed by atoms with Gasteiger partial charge in [-0.2, -0.15) is 4.98 Å². The van der Waals surface area contributed by atoms with E-state index in [9.17, 15) is 32.6 Å². The average Bonchev–Trinajstić information content (AvgIpc) is 3.29. The van der Waals surface area contributed by atoms with Crippen molar-refractivity contribution in [1.29, 1.82) is 0 Å². The molecule has 2 N–H and O–H groups in total. The molecule has 2 aromatic heterocycles. The van der Waals surface area contributed by atoms with Crippen LogP contribution in [0.3, 0.4) is 0 Å². The van der Waals surface area contributed by atoms with Crippen molar-refractivity contribution in [3.8, 4) is 17.5 Å². The number of rotatable bonds is 10. The van der Waals surface area contributed by atoms with Gasteiger partial charge in [0.2, 0.25) is 0 Å². The molecule has 220 valence electrons. The van der Waals surface area contributed by atoms with Crippen LogP contribution >= 0.6 is 0 Å². The van der Waals surface area contributed by atoms with Crippen molar-refractivity contribution in [3.63, 3.8) is 0 Å². The van der Waals surface area contributed by atoms with Gasteiger partial charge in [0.05, 0.1) is 13.1 Å². The number of aliphatic hydroxyl groups excluding tert-OH is 2. The maximum atomic E-state index is 13.6. The zero-order valence-corrected chi connectivity index (χ0v) is 21.9. The molecular formula is C28H25F4N5O5. The van der Waals surface area contributed by atoms with E-state index in [1.54, 1.807) is 24.5 Å². The topological polar surface area (TPSA) is 113 Å². The zero-order valence-electron chi connectivity index (χ0n) is 21.9. The molecule has 0 spiro atoms. The highest BCUT2D eigenvalue weighted by Gasteiger charge is 2.42. The van der Waals surface area contributed by atoms with Crippen LogP contribution in [0.5, 0.6) is 17.5 Å². The smallest absolute Gasteiger partial charge is 0.425 e. The van der Waals surface area contributed by atoms with Crippen LogP contribution in [-0.2, 0) is 13.1 Å². The number of urea groups is 1. The Bertz CT molecular complexity index is 1530. The number of benzene rings is 2. The number of aliphatic hydroxyl groups is 2. The van der Waals surface area contributed by atoms with Crippen molar-refractivity contribution < 1.29 is 42.0 Å². The van der Waals surface area contributed by atoms with Crippen molar-refractivity contribution in [2.24, 2.45) is 0 Å². The number of pyridine rings is 1. The summed E-state index contributed by atoms with van der Waals surface area (Å²) in [5.74, 6) is -0.995. The molecule has 4 aromatic rings. The van der Waals surface area contributed by atoms with Gasteiger partial charge in [0.1, 0.15) is 23.0 Å². The van der Waals surface area contributed by atoms with Crippen molar-refractivity contribution in [2.75, 3.05) is 18.1 Å². The standard InChI is InChI=1S/C28H25F4N5O5/c29-20-9-7-18(8-10-20)16-36-23-24(34-26(36)41-21-5-1-6-22(14-21)42-28(30,31)32)37(17-19-4-2-11-33-15-19)27(40)35(25(23)39)12-3-13-38/h1-2,4-11,14-15,25,38-39H,3,12-13,16-17H2. The van der Waals surface area contributed by atoms with Crippen LogP contribution in [0.1, 0.15) is 29.5 Å². The van der Waals surface area contributed by atoms with Crippen LogP contribution in [0, 0.1) is 5.82 Å². The van der Waals surface area contributed by atoms with Gasteiger partial charge in [-0.1, -0.05) is 24.3 Å². The van der Waals surface area contributed by atoms with Gasteiger partial charge in [0.15, 0.2) is 12.0 Å². The number of imidazole rings is 1. The highest BCUT2D eigenvalue weighted by molar-refractivity contribution is 5.94. The Kier molecular flexibility index (Phi) is 8.27. The number of hydrogen-bond donors (Lipinski definition) is 2. The molecule has 0 fully saturated rings. The fourth-order valence-electron chi connectivity index (χ4n) is 4.50. The summed E-state index contributed by atoms with van der Waals surface area (Å²) >= 11 is 0. The Balaban J connectivity index is 1.61. The predicted octanol–water partition coefficient (Wildman–Crippen LogP) is 4.97. The molecule has 0 bridgehead atoms. The highest BCUT2D eigenvalue weighted by atomic mass is 19.4. The summed E-state index contributed by atoms with van der Waals surface area (Å²) in [6.45, 7) is -0.208. The van der Waals surface area contributed by atoms with Gasteiger partial charge in [-0.25, -0.2) is 9.18 Å². The molecule has 0 saturated carbocycles. The van der Waals surface area contributed by atoms with E-state index in [0.717, 1.165) is 12.1 Å². The minimum atomic E-state index is -4.92. The Morgan fingerprint density at radius 1 is 0.976 bits per heavy atom. The lowest BCUT2D eigenvalue weighted by molar-refractivity contribution is -0.274. The molecular weight excluding hydrogens is 562 g/mol. The third kappa shape index (κ3) is 6.44. The lowest BCUT2D eigenvalue weighted by Gasteiger charge is -2.38. The number of anilines is 1. The van der Waals surface area contributed by atoms with Crippen LogP contribution in [0.25, 0.3) is 0 Å². The molecule has 0 aliphatic carbocycles. The van der Waals surface area contributed by atoms with Gasteiger partial charge < -0.3 is 19.7 Å². The summed E-state index contributed by atoms with van der Waals surface area (Å²) in [7, 11) is 0. The number of amides is 2. The molecule has 14 heteroatoms. The molecule has 1 unspecified atom stereocenters. The second-order valence-electron chi connectivity index (χ2n) is 9.31. The van der Waals surface area contributed by atoms with Crippen LogP contribution in [0.15, 0.2) is 73.1 Å². The normalized spacial score (nSPS) is 15.1. The number of aromatic nitrogens is 3. The number of hydrogen-bond acceptors (Lipinski definition) is 7. The maximum Gasteiger partial charge on any atom is 0.573 e. The van der Waals surface area contributed by atoms with Crippen molar-refractivity contribution >= 4 is 11.8 Å². The molecule has 1 atom stereocenters. The van der Waals surface area contributed by atoms with E-state index in [4.69, 9.17) is 4.74 Å². The first-order chi connectivity index (χ1) is 20.1. The average molecular weight is 588 g/mol. The van der Waals surface area contributed by atoms with Gasteiger partial charge in [-0.3, -0.25) is 19.4 Å². The molecule has 42 heavy (non-hydrogen) atoms. The van der Waals surface area contributed by atoms with E-state index in [2.05, 4.69) is 14.7 Å². The fraction of sp³-hybridized carbons (Fsp3) is 0.250. The fourth-order valence-corrected chi connectivity index (χ4v) is 4.50. The molecule has 1 aliphatic heterocycles. The molecule has 0 saturated heterocycles. The van der Waals surface area contributed by atoms with E-state index in [-0.39, 0.29) is 55.9 Å². The van der Waals surface area contributed by atoms with Gasteiger partial charge >= 0.3 is 18.4 Å². The Morgan fingerprint density at radius 2 is 1.74 bits per heavy atom. The second-order valence-corrected chi connectivity index (χ2v) is 9.31. The molecule has 0 radical (unpaired) electrons. The second kappa shape index (κ2) is 12.0. The predicted molar refractivity (Wildman–Crippen MR) is 140 cm³/mol. The molecule has 10 nitrogen and oxygen atoms in total. The monoisotopic (exact) mass is 587 g/mol. The van der Waals surface area contributed by atoms with E-state index in [0.29, 0.717) is 11.1 Å². The van der Waals surface area contributed by atoms with Crippen LogP contribution in [-0.4, -0.2) is 55.2 Å². The number of ether oxygens (including phenoxy) is 2. The van der Waals surface area contributed by atoms with Gasteiger partial charge in [-0.05, 0) is 47.9 Å². The van der Waals surface area contributed by atoms with Crippen molar-refractivity contribution in [2.45, 2.75) is 32.1 Å². The number of fused-ring (bicyclic) bond motifs is 1. The van der Waals surface area contributed by atoms with E-state index < -0.39 is 30.2 Å². The van der Waals surface area contributed by atoms with E-state index in [1.807, 2.05) is 0 Å². The summed E-state index contributed by atoms with van der Waals surface area (Å²) in [6.07, 6.45) is -3.12. The van der Waals surface area contributed by atoms with E-state index in [1.165, 1.54) is 50.8 Å². The lowest BCUT2D eigenvalue weighted by atomic mass is 10.2. The summed E-state index contributed by atoms with van der Waals surface area (Å²) in [6, 6.07) is 13.0. The summed E-state index contributed by atoms with van der Waals surface area (Å²) in [4.78, 5) is 24.7. The summed E-state index contributed by atoms with van der Waals surface area (Å²) in [5, 5.41) is 20.8. The van der Waals surface area contributed by atoms with Gasteiger partial charge in [0.25, 0.3) is 0 Å². The van der Waals surface area contributed by atoms with Crippen LogP contribution < -0.4 is 14.4 Å². The number of nitrogens with zero attached hydrogens (tertiary/aromatic N) is 5. The minimum absolute atomic E-state index is 0.00346. The maximum absolute atomic E-state index is 13.6. The SMILES string of the molecule is O=C1N(Cc2cccnc2)c2nc(Oc3cccc(OC(F)(F)F)c3)n(Cc3ccc(F)cc3)c2C(O)N1CCCO. The Morgan fingerprint density at radius 3 is 2.43 bits per heavy atom. The van der Waals surface area contributed by atoms with Crippen LogP contribution in [0.4, 0.5) is 28.2 Å². The first-order valence-corrected chi connectivity index (χ1v) is 12.8. The zero-order chi connectivity index (χ0) is 29.9. The quantitative estimate of drug-likeness (QED) is 0.252. The molecule has 2 aromatic carbocycles. The lowest BCUT2D eigenvalue weighted by Crippen LogP contribution is -2.50. The third-order valence-electron chi connectivity index (χ3n) is 6.35. The first-order valence-electron chi connectivity index (χ1n) is 12.8. The van der Waals surface area contributed by atoms with Gasteiger partial charge in [-0.15, -0.1) is 13.2 Å². The molecule has 3 heterocycles. The van der Waals surface area contributed by atoms with Gasteiger partial charge in [0, 0.05) is 31.6 Å². The molecule has 5 rings (SSSR count). The number of alkyl halides is 3. The first kappa shape index (κ1) is 28.8. The highest BCUT2D eigenvalue weighted by Crippen LogP contribution is 2.40. The Hall–Kier alpha value is -4.69. The van der Waals surface area contributed by atoms with Crippen molar-refractivity contribution in [3.05, 3.63) is 95.7 Å². The number of carbonyl (C=O) groups excluding carboxylic acids is 1.